The monoisotopic (exact) mass is 387 g/mol. The van der Waals surface area contributed by atoms with Gasteiger partial charge in [0, 0.05) is 37.8 Å². The predicted octanol–water partition coefficient (Wildman–Crippen LogP) is 2.92. The van der Waals surface area contributed by atoms with Gasteiger partial charge in [-0.15, -0.1) is 0 Å². The average Bonchev–Trinajstić information content (AvgIpc) is 3.22. The Morgan fingerprint density at radius 3 is 2.04 bits per heavy atom. The third kappa shape index (κ3) is 4.29. The molecule has 0 saturated carbocycles. The molecule has 3 amide bonds. The summed E-state index contributed by atoms with van der Waals surface area (Å²) in [7, 11) is 0. The van der Waals surface area contributed by atoms with E-state index in [-0.39, 0.29) is 17.9 Å². The molecule has 7 heteroatoms. The largest absolute Gasteiger partial charge is 0.481 e. The van der Waals surface area contributed by atoms with Gasteiger partial charge in [-0.2, -0.15) is 0 Å². The smallest absolute Gasteiger partial charge is 0.319 e. The molecule has 2 aliphatic heterocycles. The number of nitrogens with one attached hydrogen (secondary N) is 1. The molecule has 0 spiro atoms. The Hall–Kier alpha value is -2.57. The molecule has 1 aromatic rings. The standard InChI is InChI=1S/C21H29N3O4/c1-21(2,19(26)27)16-5-7-17(8-6-16)22-18(25)15-9-13-24(14-10-15)20(28)23-11-3-4-12-23/h5-8,15H,3-4,9-14H2,1-2H3,(H,22,25)(H,26,27). The number of carboxylic acids is 1. The molecule has 0 atom stereocenters. The number of aliphatic carboxylic acids is 1. The number of amides is 3. The molecule has 3 rings (SSSR count). The number of hydrogen-bond acceptors (Lipinski definition) is 3. The van der Waals surface area contributed by atoms with Gasteiger partial charge in [-0.05, 0) is 57.2 Å². The van der Waals surface area contributed by atoms with E-state index < -0.39 is 11.4 Å². The summed E-state index contributed by atoms with van der Waals surface area (Å²) in [4.78, 5) is 40.1. The van der Waals surface area contributed by atoms with E-state index in [4.69, 9.17) is 0 Å². The van der Waals surface area contributed by atoms with Gasteiger partial charge < -0.3 is 20.2 Å². The van der Waals surface area contributed by atoms with Crippen molar-refractivity contribution in [1.82, 2.24) is 9.80 Å². The van der Waals surface area contributed by atoms with E-state index >= 15 is 0 Å². The Balaban J connectivity index is 1.52. The van der Waals surface area contributed by atoms with Crippen molar-refractivity contribution in [2.45, 2.75) is 44.9 Å². The molecule has 152 valence electrons. The second kappa shape index (κ2) is 8.20. The lowest BCUT2D eigenvalue weighted by molar-refractivity contribution is -0.142. The summed E-state index contributed by atoms with van der Waals surface area (Å²) in [6.07, 6.45) is 3.48. The van der Waals surface area contributed by atoms with Gasteiger partial charge >= 0.3 is 12.0 Å². The number of urea groups is 1. The van der Waals surface area contributed by atoms with Crippen molar-refractivity contribution in [1.29, 1.82) is 0 Å². The summed E-state index contributed by atoms with van der Waals surface area (Å²) in [5.74, 6) is -1.05. The normalized spacial score (nSPS) is 18.2. The van der Waals surface area contributed by atoms with E-state index in [2.05, 4.69) is 5.32 Å². The summed E-state index contributed by atoms with van der Waals surface area (Å²) in [6.45, 7) is 6.21. The topological polar surface area (TPSA) is 90.0 Å². The number of carbonyl (C=O) groups is 3. The van der Waals surface area contributed by atoms with Crippen molar-refractivity contribution >= 4 is 23.6 Å². The lowest BCUT2D eigenvalue weighted by Crippen LogP contribution is -2.47. The molecular weight excluding hydrogens is 358 g/mol. The number of hydrogen-bond donors (Lipinski definition) is 2. The Kier molecular flexibility index (Phi) is 5.91. The number of benzene rings is 1. The van der Waals surface area contributed by atoms with E-state index in [1.807, 2.05) is 9.80 Å². The summed E-state index contributed by atoms with van der Waals surface area (Å²) < 4.78 is 0. The number of rotatable bonds is 4. The van der Waals surface area contributed by atoms with Crippen LogP contribution in [0.4, 0.5) is 10.5 Å². The number of piperidine rings is 1. The summed E-state index contributed by atoms with van der Waals surface area (Å²) >= 11 is 0. The van der Waals surface area contributed by atoms with Crippen LogP contribution in [0.2, 0.25) is 0 Å². The second-order valence-corrected chi connectivity index (χ2v) is 8.23. The van der Waals surface area contributed by atoms with Gasteiger partial charge in [0.15, 0.2) is 0 Å². The van der Waals surface area contributed by atoms with Crippen LogP contribution in [0.3, 0.4) is 0 Å². The Morgan fingerprint density at radius 2 is 1.50 bits per heavy atom. The average molecular weight is 387 g/mol. The molecule has 0 bridgehead atoms. The SMILES string of the molecule is CC(C)(C(=O)O)c1ccc(NC(=O)C2CCN(C(=O)N3CCCC3)CC2)cc1. The highest BCUT2D eigenvalue weighted by Crippen LogP contribution is 2.26. The molecule has 1 aromatic carbocycles. The number of likely N-dealkylation sites (tertiary alicyclic amines) is 2. The maximum atomic E-state index is 12.6. The Labute approximate surface area is 165 Å². The predicted molar refractivity (Wildman–Crippen MR) is 106 cm³/mol. The zero-order valence-corrected chi connectivity index (χ0v) is 16.6. The first-order chi connectivity index (χ1) is 13.3. The fourth-order valence-electron chi connectivity index (χ4n) is 3.78. The van der Waals surface area contributed by atoms with Gasteiger partial charge in [0.2, 0.25) is 5.91 Å². The molecular formula is C21H29N3O4. The fourth-order valence-corrected chi connectivity index (χ4v) is 3.78. The summed E-state index contributed by atoms with van der Waals surface area (Å²) in [5, 5.41) is 12.2. The first kappa shape index (κ1) is 20.2. The van der Waals surface area contributed by atoms with E-state index in [9.17, 15) is 19.5 Å². The zero-order chi connectivity index (χ0) is 20.3. The highest BCUT2D eigenvalue weighted by atomic mass is 16.4. The van der Waals surface area contributed by atoms with Crippen LogP contribution in [0.15, 0.2) is 24.3 Å². The van der Waals surface area contributed by atoms with Gasteiger partial charge in [-0.3, -0.25) is 9.59 Å². The van der Waals surface area contributed by atoms with Crippen molar-refractivity contribution in [3.8, 4) is 0 Å². The van der Waals surface area contributed by atoms with Crippen molar-refractivity contribution < 1.29 is 19.5 Å². The van der Waals surface area contributed by atoms with Crippen molar-refractivity contribution in [2.24, 2.45) is 5.92 Å². The molecule has 2 aliphatic rings. The number of nitrogens with zero attached hydrogens (tertiary/aromatic N) is 2. The quantitative estimate of drug-likeness (QED) is 0.831. The third-order valence-electron chi connectivity index (χ3n) is 5.92. The molecule has 7 nitrogen and oxygen atoms in total. The van der Waals surface area contributed by atoms with E-state index in [0.717, 1.165) is 25.9 Å². The van der Waals surface area contributed by atoms with Crippen molar-refractivity contribution in [2.75, 3.05) is 31.5 Å². The van der Waals surface area contributed by atoms with Gasteiger partial charge in [0.05, 0.1) is 5.41 Å². The van der Waals surface area contributed by atoms with Gasteiger partial charge in [0.1, 0.15) is 0 Å². The Bertz CT molecular complexity index is 731. The van der Waals surface area contributed by atoms with E-state index in [1.165, 1.54) is 0 Å². The molecule has 2 saturated heterocycles. The zero-order valence-electron chi connectivity index (χ0n) is 16.6. The van der Waals surface area contributed by atoms with Crippen LogP contribution in [0, 0.1) is 5.92 Å². The van der Waals surface area contributed by atoms with Crippen molar-refractivity contribution in [3.63, 3.8) is 0 Å². The molecule has 2 heterocycles. The van der Waals surface area contributed by atoms with Gasteiger partial charge in [-0.1, -0.05) is 12.1 Å². The number of anilines is 1. The number of carboxylic acid groups (broad SMARTS) is 1. The number of carbonyl (C=O) groups excluding carboxylic acids is 2. The Morgan fingerprint density at radius 1 is 0.964 bits per heavy atom. The van der Waals surface area contributed by atoms with Crippen LogP contribution >= 0.6 is 0 Å². The van der Waals surface area contributed by atoms with E-state index in [0.29, 0.717) is 37.2 Å². The molecule has 28 heavy (non-hydrogen) atoms. The van der Waals surface area contributed by atoms with Crippen molar-refractivity contribution in [3.05, 3.63) is 29.8 Å². The van der Waals surface area contributed by atoms with Crippen LogP contribution < -0.4 is 5.32 Å². The maximum Gasteiger partial charge on any atom is 0.319 e. The molecule has 2 fully saturated rings. The van der Waals surface area contributed by atoms with E-state index in [1.54, 1.807) is 38.1 Å². The first-order valence-electron chi connectivity index (χ1n) is 9.97. The molecule has 0 aliphatic carbocycles. The fraction of sp³-hybridized carbons (Fsp3) is 0.571. The first-order valence-corrected chi connectivity index (χ1v) is 9.97. The minimum absolute atomic E-state index is 0.0430. The molecule has 2 N–H and O–H groups in total. The van der Waals surface area contributed by atoms with Crippen LogP contribution in [-0.2, 0) is 15.0 Å². The third-order valence-corrected chi connectivity index (χ3v) is 5.92. The lowest BCUT2D eigenvalue weighted by Gasteiger charge is -2.34. The van der Waals surface area contributed by atoms with Crippen LogP contribution in [0.1, 0.15) is 45.1 Å². The highest BCUT2D eigenvalue weighted by molar-refractivity contribution is 5.93. The minimum atomic E-state index is -0.975. The summed E-state index contributed by atoms with van der Waals surface area (Å²) in [6, 6.07) is 7.06. The summed E-state index contributed by atoms with van der Waals surface area (Å²) in [5.41, 5.74) is 0.370. The highest BCUT2D eigenvalue weighted by Gasteiger charge is 2.31. The molecule has 0 radical (unpaired) electrons. The van der Waals surface area contributed by atoms with Gasteiger partial charge in [0.25, 0.3) is 0 Å². The van der Waals surface area contributed by atoms with Crippen LogP contribution in [-0.4, -0.2) is 59.0 Å². The van der Waals surface area contributed by atoms with Crippen LogP contribution in [0.25, 0.3) is 0 Å². The second-order valence-electron chi connectivity index (χ2n) is 8.23. The maximum absolute atomic E-state index is 12.6. The molecule has 0 aromatic heterocycles. The molecule has 0 unspecified atom stereocenters. The minimum Gasteiger partial charge on any atom is -0.481 e. The van der Waals surface area contributed by atoms with Gasteiger partial charge in [-0.25, -0.2) is 4.79 Å². The lowest BCUT2D eigenvalue weighted by atomic mass is 9.85. The van der Waals surface area contributed by atoms with Crippen LogP contribution in [0.5, 0.6) is 0 Å².